The van der Waals surface area contributed by atoms with E-state index in [1.807, 2.05) is 24.3 Å². The SMILES string of the molecule is O=C(O)C(F)(F)F.O=S(=O)(NC1CCN(c2ccnc3cc(Cl)ccc23)C1)c1cccs1. The van der Waals surface area contributed by atoms with E-state index in [0.717, 1.165) is 29.6 Å². The highest BCUT2D eigenvalue weighted by molar-refractivity contribution is 7.91. The predicted octanol–water partition coefficient (Wildman–Crippen LogP) is 4.14. The molecule has 1 aromatic carbocycles. The number of nitrogens with one attached hydrogen (secondary N) is 1. The molecule has 4 rings (SSSR count). The monoisotopic (exact) mass is 507 g/mol. The van der Waals surface area contributed by atoms with Crippen LogP contribution < -0.4 is 9.62 Å². The Morgan fingerprint density at radius 2 is 2.00 bits per heavy atom. The van der Waals surface area contributed by atoms with Gasteiger partial charge in [-0.25, -0.2) is 17.9 Å². The highest BCUT2D eigenvalue weighted by Crippen LogP contribution is 2.30. The Balaban J connectivity index is 0.000000360. The number of thiophene rings is 1. The fourth-order valence-corrected chi connectivity index (χ4v) is 5.59. The number of alkyl halides is 3. The fraction of sp³-hybridized carbons (Fsp3) is 0.263. The normalized spacial score (nSPS) is 16.6. The molecule has 0 bridgehead atoms. The van der Waals surface area contributed by atoms with Crippen molar-refractivity contribution < 1.29 is 31.5 Å². The molecule has 0 spiro atoms. The first-order valence-corrected chi connectivity index (χ1v) is 11.9. The van der Waals surface area contributed by atoms with Gasteiger partial charge in [0.05, 0.1) is 5.52 Å². The number of halogens is 4. The third kappa shape index (κ3) is 5.88. The molecule has 2 N–H and O–H groups in total. The van der Waals surface area contributed by atoms with Crippen molar-refractivity contribution >= 4 is 55.5 Å². The molecule has 1 aliphatic heterocycles. The molecule has 0 aliphatic carbocycles. The van der Waals surface area contributed by atoms with Gasteiger partial charge in [0.2, 0.25) is 10.0 Å². The first kappa shape index (κ1) is 24.2. The van der Waals surface area contributed by atoms with Crippen LogP contribution >= 0.6 is 22.9 Å². The van der Waals surface area contributed by atoms with Crippen LogP contribution in [0.15, 0.2) is 52.2 Å². The third-order valence-corrected chi connectivity index (χ3v) is 7.69. The van der Waals surface area contributed by atoms with E-state index in [1.54, 1.807) is 23.7 Å². The number of aliphatic carboxylic acids is 1. The molecule has 7 nitrogen and oxygen atoms in total. The van der Waals surface area contributed by atoms with Gasteiger partial charge >= 0.3 is 12.1 Å². The van der Waals surface area contributed by atoms with Crippen LogP contribution in [-0.2, 0) is 14.8 Å². The smallest absolute Gasteiger partial charge is 0.475 e. The molecule has 3 aromatic rings. The summed E-state index contributed by atoms with van der Waals surface area (Å²) in [5, 5.41) is 10.6. The molecule has 13 heteroatoms. The summed E-state index contributed by atoms with van der Waals surface area (Å²) >= 11 is 7.27. The number of carboxylic acid groups (broad SMARTS) is 1. The number of sulfonamides is 1. The molecule has 2 aromatic heterocycles. The first-order valence-electron chi connectivity index (χ1n) is 9.12. The number of aromatic nitrogens is 1. The lowest BCUT2D eigenvalue weighted by atomic mass is 10.2. The van der Waals surface area contributed by atoms with Crippen molar-refractivity contribution in [1.82, 2.24) is 9.71 Å². The van der Waals surface area contributed by atoms with Gasteiger partial charge in [-0.3, -0.25) is 4.98 Å². The van der Waals surface area contributed by atoms with Gasteiger partial charge in [-0.2, -0.15) is 13.2 Å². The zero-order chi connectivity index (χ0) is 23.5. The molecule has 172 valence electrons. The Morgan fingerprint density at radius 1 is 1.28 bits per heavy atom. The van der Waals surface area contributed by atoms with Gasteiger partial charge in [-0.1, -0.05) is 17.7 Å². The topological polar surface area (TPSA) is 99.6 Å². The highest BCUT2D eigenvalue weighted by atomic mass is 35.5. The summed E-state index contributed by atoms with van der Waals surface area (Å²) in [5.74, 6) is -2.76. The van der Waals surface area contributed by atoms with Crippen molar-refractivity contribution in [2.45, 2.75) is 22.8 Å². The average molecular weight is 508 g/mol. The maximum Gasteiger partial charge on any atom is 0.490 e. The number of hydrogen-bond donors (Lipinski definition) is 2. The summed E-state index contributed by atoms with van der Waals surface area (Å²) in [4.78, 5) is 15.5. The molecule has 1 aliphatic rings. The maximum absolute atomic E-state index is 12.4. The number of hydrogen-bond acceptors (Lipinski definition) is 6. The van der Waals surface area contributed by atoms with Crippen LogP contribution in [0.5, 0.6) is 0 Å². The van der Waals surface area contributed by atoms with Crippen LogP contribution in [0.2, 0.25) is 5.02 Å². The highest BCUT2D eigenvalue weighted by Gasteiger charge is 2.38. The van der Waals surface area contributed by atoms with Crippen molar-refractivity contribution in [3.63, 3.8) is 0 Å². The fourth-order valence-electron chi connectivity index (χ4n) is 3.15. The second-order valence-electron chi connectivity index (χ2n) is 6.78. The van der Waals surface area contributed by atoms with Crippen molar-refractivity contribution in [2.75, 3.05) is 18.0 Å². The van der Waals surface area contributed by atoms with E-state index in [2.05, 4.69) is 14.6 Å². The van der Waals surface area contributed by atoms with Gasteiger partial charge in [0.15, 0.2) is 0 Å². The standard InChI is InChI=1S/C17H16ClN3O2S2.C2HF3O2/c18-12-3-4-14-15(10-12)19-7-5-16(14)21-8-6-13(11-21)20-25(22,23)17-2-1-9-24-17;3-2(4,5)1(6)7/h1-5,7,9-10,13,20H,6,8,11H2;(H,6,7). The molecular weight excluding hydrogens is 491 g/mol. The molecule has 0 amide bonds. The molecule has 1 atom stereocenters. The van der Waals surface area contributed by atoms with E-state index in [0.29, 0.717) is 15.8 Å². The van der Waals surface area contributed by atoms with Gasteiger partial charge in [-0.15, -0.1) is 11.3 Å². The van der Waals surface area contributed by atoms with Crippen LogP contribution in [0.25, 0.3) is 10.9 Å². The van der Waals surface area contributed by atoms with Crippen molar-refractivity contribution in [3.05, 3.63) is 53.0 Å². The second-order valence-corrected chi connectivity index (χ2v) is 10.1. The summed E-state index contributed by atoms with van der Waals surface area (Å²) in [7, 11) is -3.44. The van der Waals surface area contributed by atoms with Gasteiger partial charge in [0.25, 0.3) is 0 Å². The predicted molar refractivity (Wildman–Crippen MR) is 116 cm³/mol. The summed E-state index contributed by atoms with van der Waals surface area (Å²) in [6.45, 7) is 1.42. The third-order valence-electron chi connectivity index (χ3n) is 4.53. The van der Waals surface area contributed by atoms with E-state index < -0.39 is 22.2 Å². The molecule has 32 heavy (non-hydrogen) atoms. The minimum absolute atomic E-state index is 0.109. The largest absolute Gasteiger partial charge is 0.490 e. The zero-order valence-corrected chi connectivity index (χ0v) is 18.6. The van der Waals surface area contributed by atoms with Crippen molar-refractivity contribution in [1.29, 1.82) is 0 Å². The molecular formula is C19H17ClF3N3O4S2. The average Bonchev–Trinajstić information content (AvgIpc) is 3.39. The lowest BCUT2D eigenvalue weighted by Gasteiger charge is -2.20. The Hall–Kier alpha value is -2.41. The molecule has 0 saturated carbocycles. The van der Waals surface area contributed by atoms with E-state index in [-0.39, 0.29) is 6.04 Å². The van der Waals surface area contributed by atoms with Crippen LogP contribution in [0, 0.1) is 0 Å². The first-order chi connectivity index (χ1) is 15.0. The summed E-state index contributed by atoms with van der Waals surface area (Å²) in [6, 6.07) is 10.9. The van der Waals surface area contributed by atoms with E-state index >= 15 is 0 Å². The van der Waals surface area contributed by atoms with Crippen LogP contribution in [0.3, 0.4) is 0 Å². The number of fused-ring (bicyclic) bond motifs is 1. The Labute approximate surface area is 190 Å². The van der Waals surface area contributed by atoms with Gasteiger partial charge < -0.3 is 10.0 Å². The second kappa shape index (κ2) is 9.61. The zero-order valence-electron chi connectivity index (χ0n) is 16.2. The van der Waals surface area contributed by atoms with Crippen molar-refractivity contribution in [2.24, 2.45) is 0 Å². The van der Waals surface area contributed by atoms with E-state index in [9.17, 15) is 21.6 Å². The van der Waals surface area contributed by atoms with E-state index in [4.69, 9.17) is 21.5 Å². The molecule has 0 radical (unpaired) electrons. The van der Waals surface area contributed by atoms with Gasteiger partial charge in [0.1, 0.15) is 4.21 Å². The van der Waals surface area contributed by atoms with E-state index in [1.165, 1.54) is 11.3 Å². The number of anilines is 1. The van der Waals surface area contributed by atoms with Crippen LogP contribution in [0.1, 0.15) is 6.42 Å². The maximum atomic E-state index is 12.4. The Morgan fingerprint density at radius 3 is 2.62 bits per heavy atom. The molecule has 1 unspecified atom stereocenters. The number of rotatable bonds is 4. The number of benzene rings is 1. The van der Waals surface area contributed by atoms with Gasteiger partial charge in [-0.05, 0) is 42.1 Å². The van der Waals surface area contributed by atoms with Crippen LogP contribution in [0.4, 0.5) is 18.9 Å². The number of carboxylic acids is 1. The lowest BCUT2D eigenvalue weighted by molar-refractivity contribution is -0.192. The quantitative estimate of drug-likeness (QED) is 0.550. The summed E-state index contributed by atoms with van der Waals surface area (Å²) in [5.41, 5.74) is 1.90. The minimum atomic E-state index is -5.08. The molecule has 1 saturated heterocycles. The summed E-state index contributed by atoms with van der Waals surface area (Å²) < 4.78 is 59.7. The van der Waals surface area contributed by atoms with Crippen LogP contribution in [-0.4, -0.2) is 49.8 Å². The summed E-state index contributed by atoms with van der Waals surface area (Å²) in [6.07, 6.45) is -2.56. The molecule has 1 fully saturated rings. The minimum Gasteiger partial charge on any atom is -0.475 e. The Bertz CT molecular complexity index is 1200. The Kier molecular flexibility index (Phi) is 7.28. The number of carbonyl (C=O) groups is 1. The lowest BCUT2D eigenvalue weighted by Crippen LogP contribution is -2.36. The number of pyridine rings is 1. The van der Waals surface area contributed by atoms with Gasteiger partial charge in [0, 0.05) is 41.4 Å². The van der Waals surface area contributed by atoms with Crippen molar-refractivity contribution in [3.8, 4) is 0 Å². The number of nitrogens with zero attached hydrogens (tertiary/aromatic N) is 2. The molecule has 3 heterocycles.